The first-order valence-corrected chi connectivity index (χ1v) is 7.25. The molecular formula is C12H20N4OS. The maximum Gasteiger partial charge on any atom is 0.234 e. The molecule has 1 aromatic rings. The topological polar surface area (TPSA) is 57.3 Å². The van der Waals surface area contributed by atoms with Gasteiger partial charge >= 0.3 is 0 Å². The number of carbonyl (C=O) groups excluding carboxylic acids is 1. The molecule has 0 radical (unpaired) electrons. The Morgan fingerprint density at radius 2 is 2.50 bits per heavy atom. The summed E-state index contributed by atoms with van der Waals surface area (Å²) in [5.74, 6) is 0.0830. The van der Waals surface area contributed by atoms with Gasteiger partial charge in [-0.3, -0.25) is 9.69 Å². The van der Waals surface area contributed by atoms with E-state index in [1.54, 1.807) is 17.5 Å². The van der Waals surface area contributed by atoms with Crippen LogP contribution in [0.15, 0.2) is 11.6 Å². The van der Waals surface area contributed by atoms with Crippen molar-refractivity contribution in [1.82, 2.24) is 20.5 Å². The van der Waals surface area contributed by atoms with Gasteiger partial charge in [-0.05, 0) is 26.4 Å². The van der Waals surface area contributed by atoms with Gasteiger partial charge < -0.3 is 10.6 Å². The van der Waals surface area contributed by atoms with Crippen LogP contribution in [0.3, 0.4) is 0 Å². The molecule has 0 aromatic carbocycles. The number of rotatable bonds is 4. The Morgan fingerprint density at radius 1 is 1.61 bits per heavy atom. The van der Waals surface area contributed by atoms with Crippen molar-refractivity contribution >= 4 is 17.2 Å². The first kappa shape index (κ1) is 13.5. The molecule has 5 nitrogen and oxygen atoms in total. The molecule has 1 fully saturated rings. The molecule has 1 saturated heterocycles. The summed E-state index contributed by atoms with van der Waals surface area (Å²) in [7, 11) is 0. The average molecular weight is 268 g/mol. The van der Waals surface area contributed by atoms with Crippen LogP contribution in [0, 0.1) is 0 Å². The van der Waals surface area contributed by atoms with Crippen molar-refractivity contribution in [2.75, 3.05) is 32.7 Å². The first-order chi connectivity index (χ1) is 8.75. The van der Waals surface area contributed by atoms with Gasteiger partial charge in [0.15, 0.2) is 0 Å². The monoisotopic (exact) mass is 268 g/mol. The molecule has 0 spiro atoms. The summed E-state index contributed by atoms with van der Waals surface area (Å²) in [6.07, 6.45) is 2.87. The lowest BCUT2D eigenvalue weighted by atomic mass is 10.3. The number of carbonyl (C=O) groups is 1. The molecule has 0 bridgehead atoms. The van der Waals surface area contributed by atoms with Crippen molar-refractivity contribution in [2.24, 2.45) is 0 Å². The number of nitrogens with one attached hydrogen (secondary N) is 2. The van der Waals surface area contributed by atoms with Crippen molar-refractivity contribution in [3.05, 3.63) is 16.6 Å². The predicted octanol–water partition coefficient (Wildman–Crippen LogP) is 0.616. The molecule has 0 aliphatic carbocycles. The van der Waals surface area contributed by atoms with E-state index >= 15 is 0 Å². The van der Waals surface area contributed by atoms with E-state index in [1.165, 1.54) is 0 Å². The highest BCUT2D eigenvalue weighted by atomic mass is 32.1. The minimum atomic E-state index is 0.00241. The van der Waals surface area contributed by atoms with Crippen molar-refractivity contribution in [3.63, 3.8) is 0 Å². The van der Waals surface area contributed by atoms with Crippen LogP contribution < -0.4 is 10.6 Å². The zero-order valence-corrected chi connectivity index (χ0v) is 11.5. The van der Waals surface area contributed by atoms with Crippen LogP contribution in [0.25, 0.3) is 0 Å². The second-order valence-electron chi connectivity index (χ2n) is 4.54. The molecule has 1 aliphatic rings. The molecule has 1 aromatic heterocycles. The number of amides is 1. The second-order valence-corrected chi connectivity index (χ2v) is 5.47. The Kier molecular flexibility index (Phi) is 5.10. The molecule has 1 aliphatic heterocycles. The van der Waals surface area contributed by atoms with Crippen LogP contribution in [0.2, 0.25) is 0 Å². The van der Waals surface area contributed by atoms with Crippen LogP contribution in [-0.2, 0) is 4.79 Å². The van der Waals surface area contributed by atoms with Crippen molar-refractivity contribution in [2.45, 2.75) is 19.4 Å². The third-order valence-electron chi connectivity index (χ3n) is 3.00. The summed E-state index contributed by atoms with van der Waals surface area (Å²) < 4.78 is 0. The zero-order chi connectivity index (χ0) is 12.8. The van der Waals surface area contributed by atoms with Gasteiger partial charge in [-0.25, -0.2) is 4.98 Å². The molecule has 6 heteroatoms. The minimum absolute atomic E-state index is 0.00241. The smallest absolute Gasteiger partial charge is 0.234 e. The van der Waals surface area contributed by atoms with Crippen molar-refractivity contribution in [1.29, 1.82) is 0 Å². The van der Waals surface area contributed by atoms with Crippen LogP contribution in [0.5, 0.6) is 0 Å². The Bertz CT molecular complexity index is 360. The first-order valence-electron chi connectivity index (χ1n) is 6.37. The fraction of sp³-hybridized carbons (Fsp3) is 0.667. The summed E-state index contributed by atoms with van der Waals surface area (Å²) in [4.78, 5) is 18.3. The summed E-state index contributed by atoms with van der Waals surface area (Å²) in [6, 6.07) is 0.00241. The zero-order valence-electron chi connectivity index (χ0n) is 10.7. The fourth-order valence-electron chi connectivity index (χ4n) is 2.06. The SMILES string of the molecule is CC(NC(=O)CN1CCCNCC1)c1nccs1. The van der Waals surface area contributed by atoms with Crippen molar-refractivity contribution in [3.8, 4) is 0 Å². The normalized spacial score (nSPS) is 19.2. The lowest BCUT2D eigenvalue weighted by Gasteiger charge is -2.20. The second kappa shape index (κ2) is 6.82. The minimum Gasteiger partial charge on any atom is -0.346 e. The summed E-state index contributed by atoms with van der Waals surface area (Å²) in [5.41, 5.74) is 0. The maximum absolute atomic E-state index is 11.9. The quantitative estimate of drug-likeness (QED) is 0.840. The molecule has 1 unspecified atom stereocenters. The number of nitrogens with zero attached hydrogens (tertiary/aromatic N) is 2. The molecule has 0 saturated carbocycles. The fourth-order valence-corrected chi connectivity index (χ4v) is 2.71. The van der Waals surface area contributed by atoms with E-state index in [2.05, 4.69) is 20.5 Å². The third kappa shape index (κ3) is 4.04. The summed E-state index contributed by atoms with van der Waals surface area (Å²) in [5, 5.41) is 9.22. The predicted molar refractivity (Wildman–Crippen MR) is 72.6 cm³/mol. The van der Waals surface area contributed by atoms with E-state index in [1.807, 2.05) is 12.3 Å². The number of hydrogen-bond donors (Lipinski definition) is 2. The van der Waals surface area contributed by atoms with Gasteiger partial charge in [0.05, 0.1) is 12.6 Å². The highest BCUT2D eigenvalue weighted by Gasteiger charge is 2.15. The van der Waals surface area contributed by atoms with Gasteiger partial charge in [0.25, 0.3) is 0 Å². The Labute approximate surface area is 112 Å². The van der Waals surface area contributed by atoms with Gasteiger partial charge in [0.2, 0.25) is 5.91 Å². The third-order valence-corrected chi connectivity index (χ3v) is 3.96. The van der Waals surface area contributed by atoms with E-state index in [0.717, 1.165) is 37.6 Å². The Balaban J connectivity index is 1.77. The van der Waals surface area contributed by atoms with E-state index in [4.69, 9.17) is 0 Å². The van der Waals surface area contributed by atoms with Gasteiger partial charge in [-0.2, -0.15) is 0 Å². The van der Waals surface area contributed by atoms with E-state index in [9.17, 15) is 4.79 Å². The van der Waals surface area contributed by atoms with Gasteiger partial charge in [0.1, 0.15) is 5.01 Å². The summed E-state index contributed by atoms with van der Waals surface area (Å²) >= 11 is 1.57. The maximum atomic E-state index is 11.9. The van der Waals surface area contributed by atoms with Crippen LogP contribution >= 0.6 is 11.3 Å². The molecule has 100 valence electrons. The average Bonchev–Trinajstić information content (AvgIpc) is 2.76. The number of aromatic nitrogens is 1. The highest BCUT2D eigenvalue weighted by molar-refractivity contribution is 7.09. The molecule has 2 heterocycles. The Morgan fingerprint density at radius 3 is 3.28 bits per heavy atom. The lowest BCUT2D eigenvalue weighted by molar-refractivity contribution is -0.122. The molecule has 1 amide bonds. The van der Waals surface area contributed by atoms with E-state index < -0.39 is 0 Å². The Hall–Kier alpha value is -0.980. The van der Waals surface area contributed by atoms with Crippen LogP contribution in [0.1, 0.15) is 24.4 Å². The van der Waals surface area contributed by atoms with Gasteiger partial charge in [-0.15, -0.1) is 11.3 Å². The number of hydrogen-bond acceptors (Lipinski definition) is 5. The molecule has 2 rings (SSSR count). The van der Waals surface area contributed by atoms with Crippen molar-refractivity contribution < 1.29 is 4.79 Å². The lowest BCUT2D eigenvalue weighted by Crippen LogP contribution is -2.39. The molecule has 18 heavy (non-hydrogen) atoms. The standard InChI is InChI=1S/C12H20N4OS/c1-10(12-14-5-8-18-12)15-11(17)9-16-6-2-3-13-4-7-16/h5,8,10,13H,2-4,6-7,9H2,1H3,(H,15,17). The largest absolute Gasteiger partial charge is 0.346 e. The molecule has 2 N–H and O–H groups in total. The molecular weight excluding hydrogens is 248 g/mol. The van der Waals surface area contributed by atoms with Gasteiger partial charge in [0, 0.05) is 24.7 Å². The summed E-state index contributed by atoms with van der Waals surface area (Å²) in [6.45, 7) is 6.41. The van der Waals surface area contributed by atoms with Gasteiger partial charge in [-0.1, -0.05) is 0 Å². The highest BCUT2D eigenvalue weighted by Crippen LogP contribution is 2.14. The van der Waals surface area contributed by atoms with Crippen LogP contribution in [0.4, 0.5) is 0 Å². The molecule has 1 atom stereocenters. The van der Waals surface area contributed by atoms with Crippen LogP contribution in [-0.4, -0.2) is 48.5 Å². The van der Waals surface area contributed by atoms with E-state index in [0.29, 0.717) is 6.54 Å². The van der Waals surface area contributed by atoms with E-state index in [-0.39, 0.29) is 11.9 Å². The number of thiazole rings is 1.